The number of likely N-dealkylation sites (tertiary alicyclic amines) is 1. The highest BCUT2D eigenvalue weighted by Crippen LogP contribution is 2.22. The van der Waals surface area contributed by atoms with Crippen LogP contribution in [0.5, 0.6) is 0 Å². The van der Waals surface area contributed by atoms with Crippen LogP contribution < -0.4 is 0 Å². The van der Waals surface area contributed by atoms with Gasteiger partial charge in [0.15, 0.2) is 0 Å². The average Bonchev–Trinajstić information content (AvgIpc) is 2.88. The SMILES string of the molecule is CC(C)N1CCCC(Cc2cn3ccc(C=O)cc3n2)C1. The number of hydrogen-bond acceptors (Lipinski definition) is 3. The third-order valence-corrected chi connectivity index (χ3v) is 4.45. The molecule has 0 saturated carbocycles. The monoisotopic (exact) mass is 285 g/mol. The van der Waals surface area contributed by atoms with E-state index in [1.54, 1.807) is 0 Å². The Balaban J connectivity index is 1.73. The Hall–Kier alpha value is -1.68. The van der Waals surface area contributed by atoms with Crippen molar-refractivity contribution in [3.05, 3.63) is 35.8 Å². The van der Waals surface area contributed by atoms with Gasteiger partial charge in [-0.15, -0.1) is 0 Å². The van der Waals surface area contributed by atoms with Crippen LogP contribution in [-0.2, 0) is 6.42 Å². The summed E-state index contributed by atoms with van der Waals surface area (Å²) in [6.45, 7) is 6.94. The number of pyridine rings is 1. The van der Waals surface area contributed by atoms with Crippen LogP contribution in [0.1, 0.15) is 42.7 Å². The zero-order chi connectivity index (χ0) is 14.8. The van der Waals surface area contributed by atoms with Gasteiger partial charge in [-0.2, -0.15) is 0 Å². The molecule has 4 nitrogen and oxygen atoms in total. The summed E-state index contributed by atoms with van der Waals surface area (Å²) in [5.74, 6) is 0.691. The highest BCUT2D eigenvalue weighted by atomic mass is 16.1. The minimum absolute atomic E-state index is 0.629. The third kappa shape index (κ3) is 3.16. The van der Waals surface area contributed by atoms with Gasteiger partial charge in [0, 0.05) is 30.5 Å². The van der Waals surface area contributed by atoms with E-state index in [-0.39, 0.29) is 0 Å². The first-order chi connectivity index (χ1) is 10.2. The molecular weight excluding hydrogens is 262 g/mol. The largest absolute Gasteiger partial charge is 0.307 e. The number of fused-ring (bicyclic) bond motifs is 1. The second-order valence-electron chi connectivity index (χ2n) is 6.38. The first kappa shape index (κ1) is 14.3. The lowest BCUT2D eigenvalue weighted by atomic mass is 9.93. The Morgan fingerprint density at radius 2 is 2.33 bits per heavy atom. The predicted molar refractivity (Wildman–Crippen MR) is 83.7 cm³/mol. The molecule has 1 aliphatic rings. The molecule has 21 heavy (non-hydrogen) atoms. The smallest absolute Gasteiger partial charge is 0.150 e. The fourth-order valence-electron chi connectivity index (χ4n) is 3.25. The highest BCUT2D eigenvalue weighted by Gasteiger charge is 2.22. The summed E-state index contributed by atoms with van der Waals surface area (Å²) in [6, 6.07) is 4.30. The number of aromatic nitrogens is 2. The topological polar surface area (TPSA) is 37.6 Å². The van der Waals surface area contributed by atoms with Crippen molar-refractivity contribution in [2.45, 2.75) is 39.2 Å². The molecule has 1 unspecified atom stereocenters. The Labute approximate surface area is 125 Å². The maximum atomic E-state index is 10.8. The van der Waals surface area contributed by atoms with Crippen LogP contribution in [0.4, 0.5) is 0 Å². The van der Waals surface area contributed by atoms with Crippen molar-refractivity contribution in [1.29, 1.82) is 0 Å². The summed E-state index contributed by atoms with van der Waals surface area (Å²) in [6.07, 6.45) is 8.48. The quantitative estimate of drug-likeness (QED) is 0.811. The van der Waals surface area contributed by atoms with E-state index in [0.717, 1.165) is 24.0 Å². The number of carbonyl (C=O) groups excluding carboxylic acids is 1. The average molecular weight is 285 g/mol. The van der Waals surface area contributed by atoms with Crippen LogP contribution in [0.25, 0.3) is 5.65 Å². The van der Waals surface area contributed by atoms with E-state index in [1.807, 2.05) is 22.7 Å². The summed E-state index contributed by atoms with van der Waals surface area (Å²) in [7, 11) is 0. The van der Waals surface area contributed by atoms with Gasteiger partial charge in [-0.25, -0.2) is 4.98 Å². The van der Waals surface area contributed by atoms with E-state index in [2.05, 4.69) is 29.9 Å². The number of imidazole rings is 1. The molecule has 1 aliphatic heterocycles. The molecule has 1 fully saturated rings. The van der Waals surface area contributed by atoms with Crippen molar-refractivity contribution in [3.63, 3.8) is 0 Å². The number of aldehydes is 1. The summed E-state index contributed by atoms with van der Waals surface area (Å²) in [5.41, 5.74) is 2.68. The molecule has 0 aliphatic carbocycles. The second kappa shape index (κ2) is 5.98. The van der Waals surface area contributed by atoms with E-state index in [0.29, 0.717) is 17.5 Å². The van der Waals surface area contributed by atoms with E-state index in [1.165, 1.54) is 25.9 Å². The number of nitrogens with zero attached hydrogens (tertiary/aromatic N) is 3. The lowest BCUT2D eigenvalue weighted by molar-refractivity contribution is 0.112. The molecule has 0 spiro atoms. The normalized spacial score (nSPS) is 20.2. The van der Waals surface area contributed by atoms with E-state index >= 15 is 0 Å². The standard InChI is InChI=1S/C17H23N3O/c1-13(2)19-6-3-4-14(10-19)8-16-11-20-7-5-15(12-21)9-17(20)18-16/h5,7,9,11-14H,3-4,6,8,10H2,1-2H3. The van der Waals surface area contributed by atoms with Crippen LogP contribution in [0, 0.1) is 5.92 Å². The summed E-state index contributed by atoms with van der Waals surface area (Å²) in [5, 5.41) is 0. The summed E-state index contributed by atoms with van der Waals surface area (Å²) < 4.78 is 2.01. The molecular formula is C17H23N3O. The Kier molecular flexibility index (Phi) is 4.06. The Morgan fingerprint density at radius 1 is 1.48 bits per heavy atom. The fourth-order valence-corrected chi connectivity index (χ4v) is 3.25. The molecule has 0 bridgehead atoms. The Bertz CT molecular complexity index is 632. The fraction of sp³-hybridized carbons (Fsp3) is 0.529. The molecule has 0 radical (unpaired) electrons. The van der Waals surface area contributed by atoms with Gasteiger partial charge in [-0.3, -0.25) is 4.79 Å². The molecule has 4 heteroatoms. The molecule has 3 heterocycles. The molecule has 3 rings (SSSR count). The molecule has 1 saturated heterocycles. The van der Waals surface area contributed by atoms with Gasteiger partial charge in [0.25, 0.3) is 0 Å². The lowest BCUT2D eigenvalue weighted by Crippen LogP contribution is -2.40. The van der Waals surface area contributed by atoms with Gasteiger partial charge < -0.3 is 9.30 Å². The molecule has 0 amide bonds. The lowest BCUT2D eigenvalue weighted by Gasteiger charge is -2.35. The van der Waals surface area contributed by atoms with Crippen molar-refractivity contribution >= 4 is 11.9 Å². The number of rotatable bonds is 4. The van der Waals surface area contributed by atoms with Crippen LogP contribution in [0.2, 0.25) is 0 Å². The number of carbonyl (C=O) groups is 1. The minimum Gasteiger partial charge on any atom is -0.307 e. The molecule has 2 aromatic heterocycles. The summed E-state index contributed by atoms with van der Waals surface area (Å²) in [4.78, 5) is 18.1. The molecule has 1 atom stereocenters. The molecule has 2 aromatic rings. The third-order valence-electron chi connectivity index (χ3n) is 4.45. The second-order valence-corrected chi connectivity index (χ2v) is 6.38. The molecule has 0 N–H and O–H groups in total. The zero-order valence-electron chi connectivity index (χ0n) is 12.8. The van der Waals surface area contributed by atoms with Gasteiger partial charge in [-0.05, 0) is 57.7 Å². The first-order valence-corrected chi connectivity index (χ1v) is 7.82. The van der Waals surface area contributed by atoms with Crippen LogP contribution in [-0.4, -0.2) is 39.7 Å². The van der Waals surface area contributed by atoms with Crippen molar-refractivity contribution in [1.82, 2.24) is 14.3 Å². The van der Waals surface area contributed by atoms with E-state index < -0.39 is 0 Å². The van der Waals surface area contributed by atoms with Crippen molar-refractivity contribution < 1.29 is 4.79 Å². The number of piperidine rings is 1. The maximum absolute atomic E-state index is 10.8. The van der Waals surface area contributed by atoms with Crippen molar-refractivity contribution in [3.8, 4) is 0 Å². The minimum atomic E-state index is 0.629. The predicted octanol–water partition coefficient (Wildman–Crippen LogP) is 2.81. The molecule has 0 aromatic carbocycles. The van der Waals surface area contributed by atoms with E-state index in [4.69, 9.17) is 0 Å². The van der Waals surface area contributed by atoms with Gasteiger partial charge in [0.05, 0.1) is 5.69 Å². The first-order valence-electron chi connectivity index (χ1n) is 7.82. The van der Waals surface area contributed by atoms with Gasteiger partial charge >= 0.3 is 0 Å². The van der Waals surface area contributed by atoms with Crippen molar-refractivity contribution in [2.24, 2.45) is 5.92 Å². The van der Waals surface area contributed by atoms with Crippen LogP contribution in [0.3, 0.4) is 0 Å². The highest BCUT2D eigenvalue weighted by molar-refractivity contribution is 5.76. The van der Waals surface area contributed by atoms with Gasteiger partial charge in [-0.1, -0.05) is 0 Å². The molecule has 112 valence electrons. The van der Waals surface area contributed by atoms with Crippen molar-refractivity contribution in [2.75, 3.05) is 13.1 Å². The van der Waals surface area contributed by atoms with Crippen LogP contribution in [0.15, 0.2) is 24.5 Å². The van der Waals surface area contributed by atoms with E-state index in [9.17, 15) is 4.79 Å². The van der Waals surface area contributed by atoms with Gasteiger partial charge in [0.1, 0.15) is 11.9 Å². The summed E-state index contributed by atoms with van der Waals surface area (Å²) >= 11 is 0. The Morgan fingerprint density at radius 3 is 3.10 bits per heavy atom. The van der Waals surface area contributed by atoms with Crippen LogP contribution >= 0.6 is 0 Å². The zero-order valence-corrected chi connectivity index (χ0v) is 12.8. The van der Waals surface area contributed by atoms with Gasteiger partial charge in [0.2, 0.25) is 0 Å². The number of hydrogen-bond donors (Lipinski definition) is 0. The maximum Gasteiger partial charge on any atom is 0.150 e.